The molecule has 9 heteroatoms. The van der Waals surface area contributed by atoms with Crippen LogP contribution in [0.4, 0.5) is 5.82 Å². The van der Waals surface area contributed by atoms with Crippen molar-refractivity contribution in [3.8, 4) is 12.3 Å². The number of nitrogens with zero attached hydrogens (tertiary/aromatic N) is 4. The van der Waals surface area contributed by atoms with Crippen molar-refractivity contribution < 1.29 is 19.7 Å². The second-order valence-electron chi connectivity index (χ2n) is 5.85. The maximum Gasteiger partial charge on any atom is 0.167 e. The van der Waals surface area contributed by atoms with Gasteiger partial charge in [-0.3, -0.25) is 4.57 Å². The normalized spacial score (nSPS) is 33.0. The van der Waals surface area contributed by atoms with Gasteiger partial charge in [0.25, 0.3) is 0 Å². The summed E-state index contributed by atoms with van der Waals surface area (Å²) in [7, 11) is 0. The summed E-state index contributed by atoms with van der Waals surface area (Å²) in [6, 6.07) is 0.175. The quantitative estimate of drug-likeness (QED) is 0.631. The van der Waals surface area contributed by atoms with Crippen LogP contribution in [0, 0.1) is 12.3 Å². The Morgan fingerprint density at radius 3 is 2.88 bits per heavy atom. The number of anilines is 1. The second-order valence-corrected chi connectivity index (χ2v) is 5.85. The number of terminal acetylenes is 1. The molecule has 2 saturated heterocycles. The molecule has 2 aromatic heterocycles. The first kappa shape index (κ1) is 15.3. The van der Waals surface area contributed by atoms with E-state index in [2.05, 4.69) is 26.2 Å². The second kappa shape index (κ2) is 5.99. The standard InChI is InChI=1S/C15H17N5O4/c1-2-9-11(21)12(22)15(24-9)20-7-18-10-13(16-6-17-14(10)20)19-8-3-4-23-5-8/h1,6-9,11-12,15,21-22H,3-5H2,(H,16,17,19). The fourth-order valence-electron chi connectivity index (χ4n) is 3.01. The third-order valence-electron chi connectivity index (χ3n) is 4.31. The third-order valence-corrected chi connectivity index (χ3v) is 4.31. The smallest absolute Gasteiger partial charge is 0.167 e. The molecule has 0 radical (unpaired) electrons. The summed E-state index contributed by atoms with van der Waals surface area (Å²) in [6.07, 6.45) is 5.05. The number of imidazole rings is 1. The number of aliphatic hydroxyl groups is 2. The molecule has 4 heterocycles. The maximum atomic E-state index is 10.2. The van der Waals surface area contributed by atoms with Crippen LogP contribution in [0.3, 0.4) is 0 Å². The number of hydrogen-bond donors (Lipinski definition) is 3. The van der Waals surface area contributed by atoms with Gasteiger partial charge in [-0.25, -0.2) is 15.0 Å². The number of rotatable bonds is 3. The zero-order valence-corrected chi connectivity index (χ0v) is 12.7. The van der Waals surface area contributed by atoms with Crippen molar-refractivity contribution in [2.24, 2.45) is 0 Å². The minimum Gasteiger partial charge on any atom is -0.386 e. The average Bonchev–Trinajstić information content (AvgIpc) is 3.30. The van der Waals surface area contributed by atoms with Gasteiger partial charge in [-0.2, -0.15) is 0 Å². The number of aromatic nitrogens is 4. The van der Waals surface area contributed by atoms with E-state index in [1.54, 1.807) is 4.57 Å². The number of fused-ring (bicyclic) bond motifs is 1. The van der Waals surface area contributed by atoms with Crippen molar-refractivity contribution in [3.63, 3.8) is 0 Å². The molecule has 0 bridgehead atoms. The Morgan fingerprint density at radius 1 is 1.29 bits per heavy atom. The Balaban J connectivity index is 1.67. The molecule has 2 aliphatic rings. The number of hydrogen-bond acceptors (Lipinski definition) is 8. The van der Waals surface area contributed by atoms with Crippen LogP contribution in [-0.4, -0.2) is 67.3 Å². The highest BCUT2D eigenvalue weighted by Crippen LogP contribution is 2.32. The summed E-state index contributed by atoms with van der Waals surface area (Å²) < 4.78 is 12.4. The van der Waals surface area contributed by atoms with E-state index in [0.29, 0.717) is 30.2 Å². The first-order chi connectivity index (χ1) is 11.7. The minimum absolute atomic E-state index is 0.175. The molecule has 0 spiro atoms. The fraction of sp³-hybridized carbons (Fsp3) is 0.533. The Labute approximate surface area is 137 Å². The molecule has 2 fully saturated rings. The first-order valence-corrected chi connectivity index (χ1v) is 7.68. The zero-order valence-electron chi connectivity index (χ0n) is 12.7. The number of nitrogens with one attached hydrogen (secondary N) is 1. The van der Waals surface area contributed by atoms with Gasteiger partial charge >= 0.3 is 0 Å². The van der Waals surface area contributed by atoms with E-state index in [1.807, 2.05) is 0 Å². The van der Waals surface area contributed by atoms with Gasteiger partial charge in [-0.15, -0.1) is 6.42 Å². The summed E-state index contributed by atoms with van der Waals surface area (Å²) in [6.45, 7) is 1.33. The molecule has 0 aliphatic carbocycles. The average molecular weight is 331 g/mol. The molecule has 0 amide bonds. The monoisotopic (exact) mass is 331 g/mol. The maximum absolute atomic E-state index is 10.2. The van der Waals surface area contributed by atoms with E-state index in [9.17, 15) is 10.2 Å². The van der Waals surface area contributed by atoms with Crippen LogP contribution in [0.25, 0.3) is 11.2 Å². The van der Waals surface area contributed by atoms with Crippen LogP contribution in [0.5, 0.6) is 0 Å². The molecule has 2 aromatic rings. The molecule has 5 unspecified atom stereocenters. The van der Waals surface area contributed by atoms with Gasteiger partial charge in [-0.1, -0.05) is 5.92 Å². The lowest BCUT2D eigenvalue weighted by Crippen LogP contribution is -2.30. The largest absolute Gasteiger partial charge is 0.386 e. The predicted molar refractivity (Wildman–Crippen MR) is 82.9 cm³/mol. The van der Waals surface area contributed by atoms with E-state index in [4.69, 9.17) is 15.9 Å². The SMILES string of the molecule is C#CC1OC(n2cnc3c(NC4CCOC4)ncnc32)C(O)C1O. The molecular formula is C15H17N5O4. The summed E-state index contributed by atoms with van der Waals surface area (Å²) in [5.74, 6) is 2.91. The van der Waals surface area contributed by atoms with Gasteiger partial charge in [0.15, 0.2) is 23.2 Å². The lowest BCUT2D eigenvalue weighted by Gasteiger charge is -2.16. The highest BCUT2D eigenvalue weighted by atomic mass is 16.6. The van der Waals surface area contributed by atoms with Crippen molar-refractivity contribution in [1.29, 1.82) is 0 Å². The lowest BCUT2D eigenvalue weighted by atomic mass is 10.1. The van der Waals surface area contributed by atoms with Crippen molar-refractivity contribution >= 4 is 17.0 Å². The predicted octanol–water partition coefficient (Wildman–Crippen LogP) is -0.721. The van der Waals surface area contributed by atoms with E-state index in [1.165, 1.54) is 12.7 Å². The summed E-state index contributed by atoms with van der Waals surface area (Å²) in [4.78, 5) is 12.8. The fourth-order valence-corrected chi connectivity index (χ4v) is 3.01. The number of aliphatic hydroxyl groups excluding tert-OH is 2. The highest BCUT2D eigenvalue weighted by molar-refractivity contribution is 5.82. The first-order valence-electron chi connectivity index (χ1n) is 7.68. The van der Waals surface area contributed by atoms with Crippen molar-refractivity contribution in [1.82, 2.24) is 19.5 Å². The van der Waals surface area contributed by atoms with Crippen LogP contribution in [0.1, 0.15) is 12.6 Å². The van der Waals surface area contributed by atoms with E-state index < -0.39 is 24.5 Å². The summed E-state index contributed by atoms with van der Waals surface area (Å²) in [5.41, 5.74) is 1.04. The molecule has 4 rings (SSSR count). The summed E-state index contributed by atoms with van der Waals surface area (Å²) >= 11 is 0. The van der Waals surface area contributed by atoms with Crippen molar-refractivity contribution in [2.75, 3.05) is 18.5 Å². The molecule has 5 atom stereocenters. The van der Waals surface area contributed by atoms with Crippen LogP contribution in [0.2, 0.25) is 0 Å². The van der Waals surface area contributed by atoms with Gasteiger partial charge in [0.1, 0.15) is 24.6 Å². The molecule has 9 nitrogen and oxygen atoms in total. The van der Waals surface area contributed by atoms with Crippen LogP contribution >= 0.6 is 0 Å². The van der Waals surface area contributed by atoms with Gasteiger partial charge in [0.2, 0.25) is 0 Å². The van der Waals surface area contributed by atoms with Crippen molar-refractivity contribution in [3.05, 3.63) is 12.7 Å². The van der Waals surface area contributed by atoms with Crippen LogP contribution in [-0.2, 0) is 9.47 Å². The zero-order chi connectivity index (χ0) is 16.7. The van der Waals surface area contributed by atoms with E-state index in [0.717, 1.165) is 6.42 Å². The Bertz CT molecular complexity index is 782. The van der Waals surface area contributed by atoms with E-state index in [-0.39, 0.29) is 6.04 Å². The third kappa shape index (κ3) is 2.40. The molecule has 126 valence electrons. The van der Waals surface area contributed by atoms with Crippen LogP contribution in [0.15, 0.2) is 12.7 Å². The van der Waals surface area contributed by atoms with Crippen molar-refractivity contribution in [2.45, 2.75) is 37.0 Å². The highest BCUT2D eigenvalue weighted by Gasteiger charge is 2.43. The Morgan fingerprint density at radius 2 is 2.17 bits per heavy atom. The van der Waals surface area contributed by atoms with Gasteiger partial charge in [-0.05, 0) is 6.42 Å². The summed E-state index contributed by atoms with van der Waals surface area (Å²) in [5, 5.41) is 23.4. The lowest BCUT2D eigenvalue weighted by molar-refractivity contribution is -0.0230. The van der Waals surface area contributed by atoms with Gasteiger partial charge in [0, 0.05) is 6.61 Å². The molecule has 0 aromatic carbocycles. The number of ether oxygens (including phenoxy) is 2. The molecular weight excluding hydrogens is 314 g/mol. The Kier molecular flexibility index (Phi) is 3.82. The topological polar surface area (TPSA) is 115 Å². The minimum atomic E-state index is -1.17. The van der Waals surface area contributed by atoms with E-state index >= 15 is 0 Å². The molecule has 24 heavy (non-hydrogen) atoms. The Hall–Kier alpha value is -2.25. The molecule has 0 saturated carbocycles. The van der Waals surface area contributed by atoms with Gasteiger partial charge < -0.3 is 25.0 Å². The van der Waals surface area contributed by atoms with Gasteiger partial charge in [0.05, 0.1) is 19.0 Å². The van der Waals surface area contributed by atoms with Crippen LogP contribution < -0.4 is 5.32 Å². The molecule has 2 aliphatic heterocycles. The molecule has 3 N–H and O–H groups in total.